The average molecular weight is 450 g/mol. The van der Waals surface area contributed by atoms with Crippen LogP contribution in [0.25, 0.3) is 11.0 Å². The van der Waals surface area contributed by atoms with Crippen LogP contribution in [0.2, 0.25) is 0 Å². The molecule has 1 N–H and O–H groups in total. The molecule has 0 unspecified atom stereocenters. The lowest BCUT2D eigenvalue weighted by atomic mass is 10.1. The molecule has 2 heterocycles. The minimum absolute atomic E-state index is 0. The number of hydrogen-bond donors (Lipinski definition) is 1. The summed E-state index contributed by atoms with van der Waals surface area (Å²) in [4.78, 5) is 21.5. The van der Waals surface area contributed by atoms with Crippen LogP contribution in [0.1, 0.15) is 10.4 Å². The number of aromatic nitrogens is 2. The summed E-state index contributed by atoms with van der Waals surface area (Å²) in [6, 6.07) is 14.5. The van der Waals surface area contributed by atoms with Gasteiger partial charge in [0.25, 0.3) is 5.91 Å². The smallest absolute Gasteiger partial charge is 0.253 e. The Bertz CT molecular complexity index is 1150. The van der Waals surface area contributed by atoms with Crippen molar-refractivity contribution in [3.63, 3.8) is 0 Å². The third kappa shape index (κ3) is 4.52. The van der Waals surface area contributed by atoms with Gasteiger partial charge in [0, 0.05) is 44.5 Å². The maximum absolute atomic E-state index is 12.8. The van der Waals surface area contributed by atoms with E-state index in [2.05, 4.69) is 14.2 Å². The van der Waals surface area contributed by atoms with Crippen molar-refractivity contribution in [3.8, 4) is 0 Å². The number of carbonyl (C=O) groups is 1. The number of aryl methyl sites for hydroxylation is 1. The monoisotopic (exact) mass is 449 g/mol. The topological polar surface area (TPSA) is 87.5 Å². The number of benzene rings is 2. The number of piperazine rings is 1. The molecule has 1 aliphatic rings. The zero-order valence-corrected chi connectivity index (χ0v) is 18.4. The first kappa shape index (κ1) is 21.9. The Balaban J connectivity index is 0.00000256. The summed E-state index contributed by atoms with van der Waals surface area (Å²) in [6.07, 6.45) is 1.09. The summed E-state index contributed by atoms with van der Waals surface area (Å²) in [6.45, 7) is 2.62. The van der Waals surface area contributed by atoms with Crippen molar-refractivity contribution in [2.24, 2.45) is 7.05 Å². The lowest BCUT2D eigenvalue weighted by molar-refractivity contribution is 0.0746. The lowest BCUT2D eigenvalue weighted by Gasteiger charge is -2.35. The number of nitrogens with zero attached hydrogens (tertiary/aromatic N) is 4. The van der Waals surface area contributed by atoms with Crippen LogP contribution in [0.3, 0.4) is 0 Å². The highest BCUT2D eigenvalue weighted by Gasteiger charge is 2.24. The van der Waals surface area contributed by atoms with E-state index in [-0.39, 0.29) is 18.3 Å². The van der Waals surface area contributed by atoms with Gasteiger partial charge in [-0.25, -0.2) is 13.4 Å². The minimum Gasteiger partial charge on any atom is -0.339 e. The normalized spacial score (nSPS) is 14.5. The Morgan fingerprint density at radius 1 is 1.00 bits per heavy atom. The van der Waals surface area contributed by atoms with Crippen LogP contribution in [0, 0.1) is 0 Å². The number of para-hydroxylation sites is 2. The van der Waals surface area contributed by atoms with E-state index in [1.165, 1.54) is 0 Å². The molecule has 4 rings (SSSR count). The number of amides is 1. The molecule has 0 spiro atoms. The van der Waals surface area contributed by atoms with Crippen molar-refractivity contribution in [2.45, 2.75) is 0 Å². The van der Waals surface area contributed by atoms with E-state index in [9.17, 15) is 13.2 Å². The fourth-order valence-corrected chi connectivity index (χ4v) is 4.17. The maximum atomic E-state index is 12.8. The van der Waals surface area contributed by atoms with Crippen LogP contribution < -0.4 is 9.62 Å². The summed E-state index contributed by atoms with van der Waals surface area (Å²) in [5, 5.41) is 0. The minimum atomic E-state index is -3.34. The number of nitrogens with one attached hydrogen (secondary N) is 1. The molecular weight excluding hydrogens is 426 g/mol. The molecule has 2 aromatic carbocycles. The number of hydrogen-bond acceptors (Lipinski definition) is 5. The molecule has 30 heavy (non-hydrogen) atoms. The highest BCUT2D eigenvalue weighted by Crippen LogP contribution is 2.22. The van der Waals surface area contributed by atoms with Crippen molar-refractivity contribution in [1.82, 2.24) is 14.5 Å². The van der Waals surface area contributed by atoms with Gasteiger partial charge in [0.1, 0.15) is 0 Å². The standard InChI is InChI=1S/C20H23N5O3S.ClH/c1-23-18-6-4-3-5-17(18)21-20(23)25-13-11-24(12-14-25)19(26)15-7-9-16(10-8-15)22-29(2,27)28;/h3-10,22H,11-14H2,1-2H3;1H. The first-order chi connectivity index (χ1) is 13.8. The number of carbonyl (C=O) groups excluding carboxylic acids is 1. The largest absolute Gasteiger partial charge is 0.339 e. The fraction of sp³-hybridized carbons (Fsp3) is 0.300. The molecule has 10 heteroatoms. The quantitative estimate of drug-likeness (QED) is 0.660. The average Bonchev–Trinajstić information content (AvgIpc) is 3.04. The number of sulfonamides is 1. The number of halogens is 1. The van der Waals surface area contributed by atoms with Gasteiger partial charge in [0.2, 0.25) is 16.0 Å². The van der Waals surface area contributed by atoms with Crippen molar-refractivity contribution < 1.29 is 13.2 Å². The van der Waals surface area contributed by atoms with E-state index in [1.807, 2.05) is 36.2 Å². The van der Waals surface area contributed by atoms with E-state index < -0.39 is 10.0 Å². The van der Waals surface area contributed by atoms with Gasteiger partial charge >= 0.3 is 0 Å². The van der Waals surface area contributed by atoms with E-state index in [0.717, 1.165) is 23.2 Å². The molecule has 0 radical (unpaired) electrons. The molecule has 0 atom stereocenters. The summed E-state index contributed by atoms with van der Waals surface area (Å²) in [5.41, 5.74) is 3.03. The SMILES string of the molecule is Cl.Cn1c(N2CCN(C(=O)c3ccc(NS(C)(=O)=O)cc3)CC2)nc2ccccc21. The van der Waals surface area contributed by atoms with Crippen LogP contribution in [-0.2, 0) is 17.1 Å². The predicted octanol–water partition coefficient (Wildman–Crippen LogP) is 2.33. The fourth-order valence-electron chi connectivity index (χ4n) is 3.60. The molecule has 0 aliphatic carbocycles. The molecule has 8 nitrogen and oxygen atoms in total. The zero-order chi connectivity index (χ0) is 20.6. The molecule has 0 bridgehead atoms. The molecule has 1 aliphatic heterocycles. The van der Waals surface area contributed by atoms with Gasteiger partial charge in [-0.15, -0.1) is 12.4 Å². The summed E-state index contributed by atoms with van der Waals surface area (Å²) in [5.74, 6) is 0.857. The zero-order valence-electron chi connectivity index (χ0n) is 16.8. The highest BCUT2D eigenvalue weighted by molar-refractivity contribution is 7.92. The molecule has 1 aromatic heterocycles. The third-order valence-corrected chi connectivity index (χ3v) is 5.65. The van der Waals surface area contributed by atoms with Gasteiger partial charge in [-0.2, -0.15) is 0 Å². The van der Waals surface area contributed by atoms with Crippen molar-refractivity contribution in [3.05, 3.63) is 54.1 Å². The van der Waals surface area contributed by atoms with Crippen molar-refractivity contribution in [2.75, 3.05) is 42.1 Å². The Hall–Kier alpha value is -2.78. The van der Waals surface area contributed by atoms with E-state index in [1.54, 1.807) is 24.3 Å². The number of fused-ring (bicyclic) bond motifs is 1. The number of anilines is 2. The molecule has 3 aromatic rings. The van der Waals surface area contributed by atoms with Gasteiger partial charge in [0.05, 0.1) is 17.3 Å². The van der Waals surface area contributed by atoms with Crippen molar-refractivity contribution >= 4 is 51.0 Å². The van der Waals surface area contributed by atoms with Gasteiger partial charge in [0.15, 0.2) is 0 Å². The van der Waals surface area contributed by atoms with Crippen LogP contribution in [-0.4, -0.2) is 61.2 Å². The Kier molecular flexibility index (Phi) is 6.23. The summed E-state index contributed by atoms with van der Waals surface area (Å²) < 4.78 is 27.1. The van der Waals surface area contributed by atoms with Crippen LogP contribution >= 0.6 is 12.4 Å². The van der Waals surface area contributed by atoms with Gasteiger partial charge < -0.3 is 14.4 Å². The molecule has 160 valence electrons. The van der Waals surface area contributed by atoms with Gasteiger partial charge in [-0.3, -0.25) is 9.52 Å². The van der Waals surface area contributed by atoms with E-state index in [0.29, 0.717) is 37.4 Å². The maximum Gasteiger partial charge on any atom is 0.253 e. The highest BCUT2D eigenvalue weighted by atomic mass is 35.5. The lowest BCUT2D eigenvalue weighted by Crippen LogP contribution is -2.49. The number of rotatable bonds is 4. The van der Waals surface area contributed by atoms with Crippen LogP contribution in [0.5, 0.6) is 0 Å². The predicted molar refractivity (Wildman–Crippen MR) is 121 cm³/mol. The Labute approximate surface area is 182 Å². The van der Waals surface area contributed by atoms with Crippen molar-refractivity contribution in [1.29, 1.82) is 0 Å². The third-order valence-electron chi connectivity index (χ3n) is 5.05. The molecule has 1 amide bonds. The summed E-state index contributed by atoms with van der Waals surface area (Å²) in [7, 11) is -1.33. The van der Waals surface area contributed by atoms with E-state index in [4.69, 9.17) is 4.98 Å². The second-order valence-electron chi connectivity index (χ2n) is 7.19. The van der Waals surface area contributed by atoms with Crippen LogP contribution in [0.15, 0.2) is 48.5 Å². The Morgan fingerprint density at radius 2 is 1.63 bits per heavy atom. The summed E-state index contributed by atoms with van der Waals surface area (Å²) >= 11 is 0. The second kappa shape index (κ2) is 8.53. The molecular formula is C20H24ClN5O3S. The molecule has 1 fully saturated rings. The van der Waals surface area contributed by atoms with E-state index >= 15 is 0 Å². The van der Waals surface area contributed by atoms with Gasteiger partial charge in [-0.1, -0.05) is 12.1 Å². The first-order valence-corrected chi connectivity index (χ1v) is 11.2. The molecule has 0 saturated carbocycles. The second-order valence-corrected chi connectivity index (χ2v) is 8.94. The number of imidazole rings is 1. The van der Waals surface area contributed by atoms with Crippen LogP contribution in [0.4, 0.5) is 11.6 Å². The first-order valence-electron chi connectivity index (χ1n) is 9.35. The Morgan fingerprint density at radius 3 is 2.23 bits per heavy atom. The molecule has 1 saturated heterocycles. The van der Waals surface area contributed by atoms with Gasteiger partial charge in [-0.05, 0) is 36.4 Å².